The number of hydrogen-bond donors (Lipinski definition) is 0. The van der Waals surface area contributed by atoms with E-state index >= 15 is 0 Å². The number of rotatable bonds is 4. The second kappa shape index (κ2) is 4.91. The van der Waals surface area contributed by atoms with Gasteiger partial charge in [-0.2, -0.15) is 0 Å². The van der Waals surface area contributed by atoms with Crippen molar-refractivity contribution in [2.75, 3.05) is 6.61 Å². The fraction of sp³-hybridized carbons (Fsp3) is 0.700. The first-order valence-corrected chi connectivity index (χ1v) is 5.06. The van der Waals surface area contributed by atoms with Crippen molar-refractivity contribution in [1.29, 1.82) is 0 Å². The van der Waals surface area contributed by atoms with E-state index in [1.54, 1.807) is 13.8 Å². The van der Waals surface area contributed by atoms with Gasteiger partial charge in [0.1, 0.15) is 0 Å². The highest BCUT2D eigenvalue weighted by Gasteiger charge is 2.33. The molecule has 0 aromatic rings. The fourth-order valence-electron chi connectivity index (χ4n) is 1.64. The highest BCUT2D eigenvalue weighted by Crippen LogP contribution is 2.17. The van der Waals surface area contributed by atoms with Crippen LogP contribution in [0.2, 0.25) is 0 Å². The Morgan fingerprint density at radius 1 is 1.40 bits per heavy atom. The normalized spacial score (nSPS) is 18.1. The third kappa shape index (κ3) is 2.78. The van der Waals surface area contributed by atoms with Crippen LogP contribution < -0.4 is 0 Å². The average Bonchev–Trinajstić information content (AvgIpc) is 2.46. The second-order valence-corrected chi connectivity index (χ2v) is 3.52. The Bertz CT molecular complexity index is 271. The Balaban J connectivity index is 2.52. The summed E-state index contributed by atoms with van der Waals surface area (Å²) < 4.78 is 4.75. The van der Waals surface area contributed by atoms with E-state index in [1.807, 2.05) is 0 Å². The van der Waals surface area contributed by atoms with E-state index in [4.69, 9.17) is 4.74 Å². The number of esters is 1. The van der Waals surface area contributed by atoms with Gasteiger partial charge < -0.3 is 4.74 Å². The van der Waals surface area contributed by atoms with Crippen molar-refractivity contribution < 1.29 is 19.1 Å². The molecule has 1 unspecified atom stereocenters. The fourth-order valence-corrected chi connectivity index (χ4v) is 1.64. The van der Waals surface area contributed by atoms with Gasteiger partial charge in [0.25, 0.3) is 0 Å². The van der Waals surface area contributed by atoms with Crippen LogP contribution in [0.15, 0.2) is 0 Å². The number of amides is 2. The quantitative estimate of drug-likeness (QED) is 0.503. The van der Waals surface area contributed by atoms with Crippen LogP contribution in [0.5, 0.6) is 0 Å². The molecular weight excluding hydrogens is 198 g/mol. The Morgan fingerprint density at radius 2 is 1.93 bits per heavy atom. The number of likely N-dealkylation sites (tertiary alicyclic amines) is 1. The molecule has 1 heterocycles. The van der Waals surface area contributed by atoms with Crippen LogP contribution in [0.1, 0.15) is 33.1 Å². The minimum Gasteiger partial charge on any atom is -0.466 e. The predicted octanol–water partition coefficient (Wildman–Crippen LogP) is 0.477. The number of hydrogen-bond acceptors (Lipinski definition) is 4. The standard InChI is InChI=1S/C10H15NO4/c1-3-15-10(14)6-7(2)11-8(12)4-5-9(11)13/h7H,3-6H2,1-2H3. The summed E-state index contributed by atoms with van der Waals surface area (Å²) in [5.41, 5.74) is 0. The lowest BCUT2D eigenvalue weighted by atomic mass is 10.2. The smallest absolute Gasteiger partial charge is 0.307 e. The molecule has 84 valence electrons. The third-order valence-corrected chi connectivity index (χ3v) is 2.30. The summed E-state index contributed by atoms with van der Waals surface area (Å²) in [4.78, 5) is 35.0. The van der Waals surface area contributed by atoms with Gasteiger partial charge in [0.15, 0.2) is 0 Å². The Labute approximate surface area is 88.4 Å². The van der Waals surface area contributed by atoms with Gasteiger partial charge in [0.2, 0.25) is 11.8 Å². The van der Waals surface area contributed by atoms with Crippen LogP contribution in [0.3, 0.4) is 0 Å². The van der Waals surface area contributed by atoms with Gasteiger partial charge in [0, 0.05) is 18.9 Å². The molecule has 1 rings (SSSR count). The van der Waals surface area contributed by atoms with E-state index in [0.29, 0.717) is 6.61 Å². The molecule has 0 aromatic heterocycles. The molecule has 0 aromatic carbocycles. The van der Waals surface area contributed by atoms with Crippen LogP contribution >= 0.6 is 0 Å². The Kier molecular flexibility index (Phi) is 3.82. The van der Waals surface area contributed by atoms with Crippen molar-refractivity contribution in [3.05, 3.63) is 0 Å². The molecule has 0 saturated carbocycles. The van der Waals surface area contributed by atoms with Crippen molar-refractivity contribution in [2.24, 2.45) is 0 Å². The van der Waals surface area contributed by atoms with Crippen molar-refractivity contribution in [2.45, 2.75) is 39.2 Å². The average molecular weight is 213 g/mol. The molecule has 0 aliphatic carbocycles. The summed E-state index contributed by atoms with van der Waals surface area (Å²) in [7, 11) is 0. The zero-order valence-corrected chi connectivity index (χ0v) is 8.99. The lowest BCUT2D eigenvalue weighted by Gasteiger charge is -2.21. The van der Waals surface area contributed by atoms with Crippen molar-refractivity contribution >= 4 is 17.8 Å². The van der Waals surface area contributed by atoms with E-state index < -0.39 is 6.04 Å². The summed E-state index contributed by atoms with van der Waals surface area (Å²) in [5, 5.41) is 0. The van der Waals surface area contributed by atoms with Gasteiger partial charge in [0.05, 0.1) is 13.0 Å². The largest absolute Gasteiger partial charge is 0.466 e. The zero-order valence-electron chi connectivity index (χ0n) is 8.99. The van der Waals surface area contributed by atoms with Crippen LogP contribution in [0.4, 0.5) is 0 Å². The molecule has 2 amide bonds. The Morgan fingerprint density at radius 3 is 2.40 bits per heavy atom. The maximum absolute atomic E-state index is 11.3. The maximum Gasteiger partial charge on any atom is 0.307 e. The summed E-state index contributed by atoms with van der Waals surface area (Å²) in [6.45, 7) is 3.71. The topological polar surface area (TPSA) is 63.7 Å². The molecule has 0 spiro atoms. The number of ether oxygens (including phenoxy) is 1. The van der Waals surface area contributed by atoms with E-state index in [2.05, 4.69) is 0 Å². The molecule has 0 radical (unpaired) electrons. The third-order valence-electron chi connectivity index (χ3n) is 2.30. The molecule has 1 aliphatic heterocycles. The molecule has 5 heteroatoms. The number of carbonyl (C=O) groups is 3. The van der Waals surface area contributed by atoms with Crippen LogP contribution in [-0.4, -0.2) is 35.3 Å². The van der Waals surface area contributed by atoms with Gasteiger partial charge in [-0.05, 0) is 13.8 Å². The first kappa shape index (κ1) is 11.7. The molecular formula is C10H15NO4. The van der Waals surface area contributed by atoms with Crippen LogP contribution in [0, 0.1) is 0 Å². The highest BCUT2D eigenvalue weighted by atomic mass is 16.5. The summed E-state index contributed by atoms with van der Waals surface area (Å²) in [6.07, 6.45) is 0.587. The molecule has 0 N–H and O–H groups in total. The lowest BCUT2D eigenvalue weighted by molar-refractivity contribution is -0.147. The molecule has 1 aliphatic rings. The SMILES string of the molecule is CCOC(=O)CC(C)N1C(=O)CCC1=O. The van der Waals surface area contributed by atoms with Gasteiger partial charge in [-0.25, -0.2) is 0 Å². The number of nitrogens with zero attached hydrogens (tertiary/aromatic N) is 1. The number of imide groups is 1. The van der Waals surface area contributed by atoms with Gasteiger partial charge >= 0.3 is 5.97 Å². The monoisotopic (exact) mass is 213 g/mol. The van der Waals surface area contributed by atoms with Crippen LogP contribution in [0.25, 0.3) is 0 Å². The first-order valence-electron chi connectivity index (χ1n) is 5.06. The van der Waals surface area contributed by atoms with E-state index in [0.717, 1.165) is 4.90 Å². The van der Waals surface area contributed by atoms with E-state index in [1.165, 1.54) is 0 Å². The lowest BCUT2D eigenvalue weighted by Crippen LogP contribution is -2.39. The predicted molar refractivity (Wildman–Crippen MR) is 51.8 cm³/mol. The molecule has 5 nitrogen and oxygen atoms in total. The van der Waals surface area contributed by atoms with E-state index in [9.17, 15) is 14.4 Å². The Hall–Kier alpha value is -1.39. The molecule has 1 atom stereocenters. The first-order chi connectivity index (χ1) is 7.06. The van der Waals surface area contributed by atoms with Crippen molar-refractivity contribution in [3.8, 4) is 0 Å². The van der Waals surface area contributed by atoms with Gasteiger partial charge in [-0.1, -0.05) is 0 Å². The number of carbonyl (C=O) groups excluding carboxylic acids is 3. The highest BCUT2D eigenvalue weighted by molar-refractivity contribution is 6.02. The zero-order chi connectivity index (χ0) is 11.4. The molecule has 0 bridgehead atoms. The summed E-state index contributed by atoms with van der Waals surface area (Å²) >= 11 is 0. The van der Waals surface area contributed by atoms with Gasteiger partial charge in [-0.15, -0.1) is 0 Å². The summed E-state index contributed by atoms with van der Waals surface area (Å²) in [6, 6.07) is -0.397. The summed E-state index contributed by atoms with van der Waals surface area (Å²) in [5.74, 6) is -0.772. The van der Waals surface area contributed by atoms with Crippen molar-refractivity contribution in [1.82, 2.24) is 4.90 Å². The van der Waals surface area contributed by atoms with E-state index in [-0.39, 0.29) is 37.0 Å². The minimum absolute atomic E-state index is 0.0747. The maximum atomic E-state index is 11.3. The molecule has 1 saturated heterocycles. The molecule has 15 heavy (non-hydrogen) atoms. The molecule has 1 fully saturated rings. The van der Waals surface area contributed by atoms with Crippen molar-refractivity contribution in [3.63, 3.8) is 0 Å². The second-order valence-electron chi connectivity index (χ2n) is 3.52. The van der Waals surface area contributed by atoms with Gasteiger partial charge in [-0.3, -0.25) is 19.3 Å². The van der Waals surface area contributed by atoms with Crippen LogP contribution in [-0.2, 0) is 19.1 Å². The minimum atomic E-state index is -0.397.